The van der Waals surface area contributed by atoms with E-state index in [-0.39, 0.29) is 24.6 Å². The van der Waals surface area contributed by atoms with Crippen LogP contribution in [0.3, 0.4) is 0 Å². The van der Waals surface area contributed by atoms with Gasteiger partial charge in [0, 0.05) is 31.9 Å². The molecule has 1 aliphatic rings. The molecule has 0 aromatic heterocycles. The number of carbonyl (C=O) groups excluding carboxylic acids is 1. The van der Waals surface area contributed by atoms with E-state index in [4.69, 9.17) is 16.3 Å². The van der Waals surface area contributed by atoms with E-state index in [2.05, 4.69) is 4.72 Å². The number of morpholine rings is 1. The van der Waals surface area contributed by atoms with Crippen LogP contribution in [0.2, 0.25) is 0 Å². The molecule has 1 saturated heterocycles. The van der Waals surface area contributed by atoms with Crippen molar-refractivity contribution >= 4 is 27.5 Å². The number of nitrogens with one attached hydrogen (secondary N) is 1. The van der Waals surface area contributed by atoms with E-state index in [1.54, 1.807) is 4.90 Å². The van der Waals surface area contributed by atoms with Gasteiger partial charge in [-0.2, -0.15) is 0 Å². The first-order chi connectivity index (χ1) is 8.55. The number of hydrogen-bond donors (Lipinski definition) is 1. The van der Waals surface area contributed by atoms with Crippen LogP contribution in [0, 0.1) is 0 Å². The summed E-state index contributed by atoms with van der Waals surface area (Å²) in [5, 5.41) is 0. The lowest BCUT2D eigenvalue weighted by Crippen LogP contribution is -2.42. The largest absolute Gasteiger partial charge is 0.378 e. The maximum absolute atomic E-state index is 11.7. The van der Waals surface area contributed by atoms with E-state index in [9.17, 15) is 13.2 Å². The third kappa shape index (κ3) is 5.99. The number of amides is 1. The van der Waals surface area contributed by atoms with Gasteiger partial charge in [0.25, 0.3) is 0 Å². The second-order valence-corrected chi connectivity index (χ2v) is 6.30. The highest BCUT2D eigenvalue weighted by molar-refractivity contribution is 7.89. The second-order valence-electron chi connectivity index (χ2n) is 4.00. The van der Waals surface area contributed by atoms with Crippen LogP contribution in [-0.2, 0) is 19.6 Å². The number of halogens is 1. The van der Waals surface area contributed by atoms with Crippen molar-refractivity contribution < 1.29 is 17.9 Å². The van der Waals surface area contributed by atoms with Crippen LogP contribution in [-0.4, -0.2) is 63.7 Å². The zero-order valence-electron chi connectivity index (χ0n) is 10.2. The molecule has 6 nitrogen and oxygen atoms in total. The number of rotatable bonds is 7. The van der Waals surface area contributed by atoms with Crippen molar-refractivity contribution in [1.82, 2.24) is 9.62 Å². The first-order valence-corrected chi connectivity index (χ1v) is 8.12. The summed E-state index contributed by atoms with van der Waals surface area (Å²) in [7, 11) is -3.30. The van der Waals surface area contributed by atoms with Crippen LogP contribution in [0.25, 0.3) is 0 Å². The van der Waals surface area contributed by atoms with Crippen LogP contribution in [0.15, 0.2) is 0 Å². The Morgan fingerprint density at radius 3 is 2.61 bits per heavy atom. The number of hydrogen-bond acceptors (Lipinski definition) is 4. The summed E-state index contributed by atoms with van der Waals surface area (Å²) in [5.74, 6) is 0.272. The molecule has 18 heavy (non-hydrogen) atoms. The van der Waals surface area contributed by atoms with Gasteiger partial charge in [0.1, 0.15) is 0 Å². The lowest BCUT2D eigenvalue weighted by molar-refractivity contribution is -0.135. The quantitative estimate of drug-likeness (QED) is 0.660. The summed E-state index contributed by atoms with van der Waals surface area (Å²) in [5.41, 5.74) is 0. The van der Waals surface area contributed by atoms with Crippen molar-refractivity contribution in [3.8, 4) is 0 Å². The van der Waals surface area contributed by atoms with Crippen molar-refractivity contribution in [2.24, 2.45) is 0 Å². The molecule has 0 aromatic rings. The summed E-state index contributed by atoms with van der Waals surface area (Å²) in [6.45, 7) is 2.40. The van der Waals surface area contributed by atoms with Crippen molar-refractivity contribution in [1.29, 1.82) is 0 Å². The first kappa shape index (κ1) is 15.7. The van der Waals surface area contributed by atoms with Gasteiger partial charge in [0.15, 0.2) is 0 Å². The van der Waals surface area contributed by atoms with Crippen LogP contribution in [0.5, 0.6) is 0 Å². The van der Waals surface area contributed by atoms with Gasteiger partial charge >= 0.3 is 0 Å². The van der Waals surface area contributed by atoms with Crippen LogP contribution >= 0.6 is 11.6 Å². The predicted molar refractivity (Wildman–Crippen MR) is 69.1 cm³/mol. The minimum absolute atomic E-state index is 0.00223. The maximum atomic E-state index is 11.7. The number of sulfonamides is 1. The molecule has 0 radical (unpaired) electrons. The Kier molecular flexibility index (Phi) is 6.91. The smallest absolute Gasteiger partial charge is 0.224 e. The van der Waals surface area contributed by atoms with Gasteiger partial charge in [-0.05, 0) is 6.42 Å². The van der Waals surface area contributed by atoms with Crippen molar-refractivity contribution in [3.05, 3.63) is 0 Å². The number of nitrogens with zero attached hydrogens (tertiary/aromatic N) is 1. The summed E-state index contributed by atoms with van der Waals surface area (Å²) < 4.78 is 30.4. The number of carbonyl (C=O) groups is 1. The highest BCUT2D eigenvalue weighted by Gasteiger charge is 2.17. The molecule has 1 aliphatic heterocycles. The van der Waals surface area contributed by atoms with E-state index < -0.39 is 10.0 Å². The molecular formula is C10H19ClN2O4S. The molecule has 0 bridgehead atoms. The van der Waals surface area contributed by atoms with Crippen molar-refractivity contribution in [2.75, 3.05) is 44.5 Å². The number of ether oxygens (including phenoxy) is 1. The zero-order valence-corrected chi connectivity index (χ0v) is 11.8. The van der Waals surface area contributed by atoms with Gasteiger partial charge in [-0.25, -0.2) is 13.1 Å². The zero-order chi connectivity index (χ0) is 13.4. The fraction of sp³-hybridized carbons (Fsp3) is 0.900. The normalized spacial score (nSPS) is 16.8. The molecule has 106 valence electrons. The molecule has 0 spiro atoms. The minimum atomic E-state index is -3.30. The van der Waals surface area contributed by atoms with Gasteiger partial charge in [-0.15, -0.1) is 11.6 Å². The Morgan fingerprint density at radius 1 is 1.33 bits per heavy atom. The van der Waals surface area contributed by atoms with Gasteiger partial charge in [-0.3, -0.25) is 4.79 Å². The third-order valence-corrected chi connectivity index (χ3v) is 4.31. The molecule has 0 aliphatic carbocycles. The molecule has 1 fully saturated rings. The molecule has 8 heteroatoms. The van der Waals surface area contributed by atoms with Gasteiger partial charge < -0.3 is 9.64 Å². The molecule has 1 amide bonds. The lowest BCUT2D eigenvalue weighted by Gasteiger charge is -2.26. The lowest BCUT2D eigenvalue weighted by atomic mass is 10.3. The molecular weight excluding hydrogens is 280 g/mol. The Bertz CT molecular complexity index is 355. The Morgan fingerprint density at radius 2 is 2.00 bits per heavy atom. The fourth-order valence-corrected chi connectivity index (χ4v) is 2.97. The fourth-order valence-electron chi connectivity index (χ4n) is 1.60. The second kappa shape index (κ2) is 7.93. The first-order valence-electron chi connectivity index (χ1n) is 5.94. The van der Waals surface area contributed by atoms with Gasteiger partial charge in [0.2, 0.25) is 15.9 Å². The van der Waals surface area contributed by atoms with Crippen LogP contribution < -0.4 is 4.72 Å². The molecule has 1 N–H and O–H groups in total. The van der Waals surface area contributed by atoms with Gasteiger partial charge in [-0.1, -0.05) is 0 Å². The van der Waals surface area contributed by atoms with Crippen LogP contribution in [0.4, 0.5) is 0 Å². The molecule has 0 saturated carbocycles. The molecule has 1 rings (SSSR count). The number of alkyl halides is 1. The molecule has 1 heterocycles. The Balaban J connectivity index is 2.22. The molecule has 0 atom stereocenters. The minimum Gasteiger partial charge on any atom is -0.378 e. The summed E-state index contributed by atoms with van der Waals surface area (Å²) >= 11 is 5.43. The molecule has 0 aromatic carbocycles. The topological polar surface area (TPSA) is 75.7 Å². The van der Waals surface area contributed by atoms with E-state index >= 15 is 0 Å². The summed E-state index contributed by atoms with van der Waals surface area (Å²) in [6, 6.07) is 0. The highest BCUT2D eigenvalue weighted by atomic mass is 35.5. The van der Waals surface area contributed by atoms with Gasteiger partial charge in [0.05, 0.1) is 19.0 Å². The third-order valence-electron chi connectivity index (χ3n) is 2.57. The van der Waals surface area contributed by atoms with E-state index in [0.717, 1.165) is 0 Å². The SMILES string of the molecule is O=C(CCNS(=O)(=O)CCCCl)N1CCOCC1. The summed E-state index contributed by atoms with van der Waals surface area (Å²) in [6.07, 6.45) is 0.592. The Hall–Kier alpha value is -0.370. The maximum Gasteiger partial charge on any atom is 0.224 e. The van der Waals surface area contributed by atoms with Crippen molar-refractivity contribution in [2.45, 2.75) is 12.8 Å². The average molecular weight is 299 g/mol. The van der Waals surface area contributed by atoms with E-state index in [1.807, 2.05) is 0 Å². The van der Waals surface area contributed by atoms with Crippen molar-refractivity contribution in [3.63, 3.8) is 0 Å². The van der Waals surface area contributed by atoms with Crippen LogP contribution in [0.1, 0.15) is 12.8 Å². The monoisotopic (exact) mass is 298 g/mol. The Labute approximate surface area is 113 Å². The molecule has 0 unspecified atom stereocenters. The predicted octanol–water partition coefficient (Wildman–Crippen LogP) is -0.216. The highest BCUT2D eigenvalue weighted by Crippen LogP contribution is 2.00. The standard InChI is InChI=1S/C10H19ClN2O4S/c11-3-1-9-18(15,16)12-4-2-10(14)13-5-7-17-8-6-13/h12H,1-9H2. The summed E-state index contributed by atoms with van der Waals surface area (Å²) in [4.78, 5) is 13.4. The van der Waals surface area contributed by atoms with E-state index in [1.165, 1.54) is 0 Å². The van der Waals surface area contributed by atoms with E-state index in [0.29, 0.717) is 38.6 Å². The average Bonchev–Trinajstić information content (AvgIpc) is 2.37.